The van der Waals surface area contributed by atoms with Crippen LogP contribution in [0.3, 0.4) is 0 Å². The molecule has 29 heavy (non-hydrogen) atoms. The van der Waals surface area contributed by atoms with E-state index in [4.69, 9.17) is 12.2 Å². The molecule has 0 aliphatic carbocycles. The van der Waals surface area contributed by atoms with Crippen LogP contribution in [0.4, 0.5) is 21.5 Å². The van der Waals surface area contributed by atoms with E-state index in [9.17, 15) is 22.9 Å². The molecule has 2 aromatic carbocycles. The summed E-state index contributed by atoms with van der Waals surface area (Å²) in [6.07, 6.45) is 0. The molecule has 0 bridgehead atoms. The summed E-state index contributed by atoms with van der Waals surface area (Å²) in [7, 11) is -3.98. The van der Waals surface area contributed by atoms with Crippen LogP contribution in [0.25, 0.3) is 0 Å². The van der Waals surface area contributed by atoms with E-state index >= 15 is 0 Å². The minimum absolute atomic E-state index is 0.0844. The summed E-state index contributed by atoms with van der Waals surface area (Å²) in [6, 6.07) is 8.92. The highest BCUT2D eigenvalue weighted by Gasteiger charge is 2.27. The van der Waals surface area contributed by atoms with E-state index in [0.29, 0.717) is 5.69 Å². The Morgan fingerprint density at radius 2 is 1.79 bits per heavy atom. The highest BCUT2D eigenvalue weighted by Crippen LogP contribution is 2.28. The highest BCUT2D eigenvalue weighted by atomic mass is 32.2. The van der Waals surface area contributed by atoms with Gasteiger partial charge < -0.3 is 5.32 Å². The molecule has 0 saturated carbocycles. The molecule has 0 saturated heterocycles. The van der Waals surface area contributed by atoms with Crippen molar-refractivity contribution in [2.45, 2.75) is 18.7 Å². The van der Waals surface area contributed by atoms with Gasteiger partial charge >= 0.3 is 0 Å². The SMILES string of the molecule is CCN(CC)S(=O)(=O)c1cc([N+](=O)[O-])ccc1NNC(=S)Nc1ccc(F)cc1. The van der Waals surface area contributed by atoms with Crippen LogP contribution in [0.5, 0.6) is 0 Å². The Morgan fingerprint density at radius 3 is 2.34 bits per heavy atom. The number of nitro benzene ring substituents is 1. The van der Waals surface area contributed by atoms with Crippen LogP contribution in [0.2, 0.25) is 0 Å². The number of nitrogens with zero attached hydrogens (tertiary/aromatic N) is 2. The molecule has 0 heterocycles. The second-order valence-electron chi connectivity index (χ2n) is 5.74. The number of nitrogens with one attached hydrogen (secondary N) is 3. The van der Waals surface area contributed by atoms with Gasteiger partial charge in [0.2, 0.25) is 10.0 Å². The highest BCUT2D eigenvalue weighted by molar-refractivity contribution is 7.89. The molecule has 0 spiro atoms. The average Bonchev–Trinajstić information content (AvgIpc) is 2.68. The van der Waals surface area contributed by atoms with Gasteiger partial charge in [0.25, 0.3) is 5.69 Å². The molecule has 0 aromatic heterocycles. The van der Waals surface area contributed by atoms with Crippen molar-refractivity contribution < 1.29 is 17.7 Å². The summed E-state index contributed by atoms with van der Waals surface area (Å²) >= 11 is 5.12. The Labute approximate surface area is 173 Å². The Kier molecular flexibility index (Phi) is 7.42. The second-order valence-corrected chi connectivity index (χ2v) is 8.05. The van der Waals surface area contributed by atoms with E-state index in [1.54, 1.807) is 13.8 Å². The van der Waals surface area contributed by atoms with Crippen molar-refractivity contribution in [3.8, 4) is 0 Å². The molecule has 0 fully saturated rings. The minimum Gasteiger partial charge on any atom is -0.331 e. The van der Waals surface area contributed by atoms with Crippen molar-refractivity contribution in [3.05, 3.63) is 58.4 Å². The molecular weight excluding hydrogens is 421 g/mol. The maximum Gasteiger partial charge on any atom is 0.270 e. The Morgan fingerprint density at radius 1 is 1.17 bits per heavy atom. The summed E-state index contributed by atoms with van der Waals surface area (Å²) < 4.78 is 40.0. The number of sulfonamides is 1. The molecule has 2 rings (SSSR count). The summed E-state index contributed by atoms with van der Waals surface area (Å²) in [5, 5.41) is 14.0. The molecule has 0 radical (unpaired) electrons. The van der Waals surface area contributed by atoms with E-state index in [1.165, 1.54) is 40.7 Å². The van der Waals surface area contributed by atoms with Gasteiger partial charge in [-0.05, 0) is 42.5 Å². The maximum absolute atomic E-state index is 13.0. The lowest BCUT2D eigenvalue weighted by molar-refractivity contribution is -0.385. The van der Waals surface area contributed by atoms with Crippen molar-refractivity contribution in [2.75, 3.05) is 23.8 Å². The summed E-state index contributed by atoms with van der Waals surface area (Å²) in [5.74, 6) is -0.398. The van der Waals surface area contributed by atoms with Crippen molar-refractivity contribution in [1.82, 2.24) is 9.73 Å². The van der Waals surface area contributed by atoms with Crippen molar-refractivity contribution in [1.29, 1.82) is 0 Å². The van der Waals surface area contributed by atoms with Crippen molar-refractivity contribution in [3.63, 3.8) is 0 Å². The lowest BCUT2D eigenvalue weighted by Crippen LogP contribution is -2.35. The Hall–Kier alpha value is -2.83. The zero-order chi connectivity index (χ0) is 21.6. The van der Waals surface area contributed by atoms with E-state index in [0.717, 1.165) is 6.07 Å². The third-order valence-corrected chi connectivity index (χ3v) is 6.21. The number of nitro groups is 1. The largest absolute Gasteiger partial charge is 0.331 e. The van der Waals surface area contributed by atoms with Crippen LogP contribution in [0, 0.1) is 15.9 Å². The normalized spacial score (nSPS) is 11.2. The number of anilines is 2. The van der Waals surface area contributed by atoms with Crippen LogP contribution >= 0.6 is 12.2 Å². The monoisotopic (exact) mass is 441 g/mol. The van der Waals surface area contributed by atoms with Gasteiger partial charge in [-0.2, -0.15) is 4.31 Å². The van der Waals surface area contributed by atoms with E-state index in [-0.39, 0.29) is 34.5 Å². The molecule has 0 amide bonds. The topological polar surface area (TPSA) is 117 Å². The van der Waals surface area contributed by atoms with E-state index in [2.05, 4.69) is 16.2 Å². The van der Waals surface area contributed by atoms with Crippen LogP contribution < -0.4 is 16.2 Å². The first-order valence-electron chi connectivity index (χ1n) is 8.56. The number of thiocarbonyl (C=S) groups is 1. The number of hydrazine groups is 1. The predicted octanol–water partition coefficient (Wildman–Crippen LogP) is 3.08. The van der Waals surface area contributed by atoms with Gasteiger partial charge in [0, 0.05) is 30.9 Å². The molecule has 3 N–H and O–H groups in total. The standard InChI is InChI=1S/C17H20FN5O4S2/c1-3-22(4-2)29(26,27)16-11-14(23(24)25)9-10-15(16)20-21-17(28)19-13-7-5-12(18)6-8-13/h5-11,20H,3-4H2,1-2H3,(H2,19,21,28). The summed E-state index contributed by atoms with van der Waals surface area (Å²) in [4.78, 5) is 10.2. The number of hydrogen-bond donors (Lipinski definition) is 3. The smallest absolute Gasteiger partial charge is 0.270 e. The van der Waals surface area contributed by atoms with Crippen LogP contribution in [0.15, 0.2) is 47.4 Å². The minimum atomic E-state index is -3.98. The van der Waals surface area contributed by atoms with Gasteiger partial charge in [-0.25, -0.2) is 12.8 Å². The zero-order valence-electron chi connectivity index (χ0n) is 15.7. The quantitative estimate of drug-likeness (QED) is 0.325. The van der Waals surface area contributed by atoms with Gasteiger partial charge in [0.1, 0.15) is 10.7 Å². The summed E-state index contributed by atoms with van der Waals surface area (Å²) in [5.41, 5.74) is 5.54. The van der Waals surface area contributed by atoms with Gasteiger partial charge in [0.05, 0.1) is 10.6 Å². The lowest BCUT2D eigenvalue weighted by atomic mass is 10.3. The van der Waals surface area contributed by atoms with E-state index in [1.807, 2.05) is 0 Å². The third kappa shape index (κ3) is 5.59. The maximum atomic E-state index is 13.0. The zero-order valence-corrected chi connectivity index (χ0v) is 17.3. The number of rotatable bonds is 8. The predicted molar refractivity (Wildman–Crippen MR) is 113 cm³/mol. The van der Waals surface area contributed by atoms with E-state index < -0.39 is 20.8 Å². The second kappa shape index (κ2) is 9.58. The summed E-state index contributed by atoms with van der Waals surface area (Å²) in [6.45, 7) is 3.76. The third-order valence-electron chi connectivity index (χ3n) is 3.91. The first-order valence-corrected chi connectivity index (χ1v) is 10.4. The molecule has 0 aliphatic rings. The first-order chi connectivity index (χ1) is 13.7. The number of non-ortho nitro benzene ring substituents is 1. The molecule has 12 heteroatoms. The molecule has 0 aliphatic heterocycles. The fourth-order valence-electron chi connectivity index (χ4n) is 2.46. The van der Waals surface area contributed by atoms with Crippen LogP contribution in [0.1, 0.15) is 13.8 Å². The van der Waals surface area contributed by atoms with Gasteiger partial charge in [0.15, 0.2) is 5.11 Å². The fourth-order valence-corrected chi connectivity index (χ4v) is 4.26. The van der Waals surface area contributed by atoms with Crippen LogP contribution in [-0.2, 0) is 10.0 Å². The van der Waals surface area contributed by atoms with Crippen molar-refractivity contribution in [2.24, 2.45) is 0 Å². The molecular formula is C17H20FN5O4S2. The molecule has 0 unspecified atom stereocenters. The Balaban J connectivity index is 2.26. The molecule has 2 aromatic rings. The average molecular weight is 442 g/mol. The number of halogens is 1. The Bertz CT molecular complexity index is 995. The lowest BCUT2D eigenvalue weighted by Gasteiger charge is -2.21. The molecule has 9 nitrogen and oxygen atoms in total. The molecule has 156 valence electrons. The van der Waals surface area contributed by atoms with Gasteiger partial charge in [-0.15, -0.1) is 0 Å². The van der Waals surface area contributed by atoms with Crippen molar-refractivity contribution >= 4 is 44.4 Å². The number of hydrogen-bond acceptors (Lipinski definition) is 6. The fraction of sp³-hybridized carbons (Fsp3) is 0.235. The molecule has 0 atom stereocenters. The number of benzene rings is 2. The van der Waals surface area contributed by atoms with Gasteiger partial charge in [-0.1, -0.05) is 13.8 Å². The first kappa shape index (κ1) is 22.5. The van der Waals surface area contributed by atoms with Gasteiger partial charge in [-0.3, -0.25) is 21.0 Å². The van der Waals surface area contributed by atoms with Crippen LogP contribution in [-0.4, -0.2) is 35.8 Å².